The standard InChI is InChI=1S/C33H38Cl2N2O3/c1-33(2,3)26-16-9-10-19-30(26)40-22-31(38)37(21-25-27(34)17-11-18-28(25)35)29(20-23-12-5-4-6-13-23)32(39)36-24-14-7-8-15-24/h4-6,9-13,16-19,24,29H,7-8,14-15,20-22H2,1-3H3,(H,36,39). The van der Waals surface area contributed by atoms with E-state index in [0.717, 1.165) is 36.8 Å². The van der Waals surface area contributed by atoms with Crippen LogP contribution in [0.1, 0.15) is 63.1 Å². The van der Waals surface area contributed by atoms with Gasteiger partial charge >= 0.3 is 0 Å². The fourth-order valence-corrected chi connectivity index (χ4v) is 5.73. The number of hydrogen-bond donors (Lipinski definition) is 1. The molecule has 0 radical (unpaired) electrons. The minimum absolute atomic E-state index is 0.0806. The Morgan fingerprint density at radius 1 is 0.925 bits per heavy atom. The van der Waals surface area contributed by atoms with E-state index in [1.165, 1.54) is 0 Å². The van der Waals surface area contributed by atoms with Gasteiger partial charge in [0.2, 0.25) is 5.91 Å². The van der Waals surface area contributed by atoms with Crippen LogP contribution in [0.25, 0.3) is 0 Å². The zero-order valence-electron chi connectivity index (χ0n) is 23.5. The van der Waals surface area contributed by atoms with Crippen LogP contribution in [0, 0.1) is 0 Å². The summed E-state index contributed by atoms with van der Waals surface area (Å²) in [5.41, 5.74) is 2.39. The number of carbonyl (C=O) groups is 2. The molecule has 1 unspecified atom stereocenters. The lowest BCUT2D eigenvalue weighted by atomic mass is 9.86. The van der Waals surface area contributed by atoms with Gasteiger partial charge in [0.1, 0.15) is 11.8 Å². The number of benzene rings is 3. The first-order valence-corrected chi connectivity index (χ1v) is 14.7. The number of nitrogens with one attached hydrogen (secondary N) is 1. The molecule has 7 heteroatoms. The number of ether oxygens (including phenoxy) is 1. The zero-order valence-corrected chi connectivity index (χ0v) is 25.0. The summed E-state index contributed by atoms with van der Waals surface area (Å²) in [7, 11) is 0. The molecule has 1 N–H and O–H groups in total. The van der Waals surface area contributed by atoms with Crippen molar-refractivity contribution in [3.8, 4) is 5.75 Å². The fourth-order valence-electron chi connectivity index (χ4n) is 5.21. The fraction of sp³-hybridized carbons (Fsp3) is 0.394. The quantitative estimate of drug-likeness (QED) is 0.272. The van der Waals surface area contributed by atoms with Crippen LogP contribution in [0.4, 0.5) is 0 Å². The van der Waals surface area contributed by atoms with Crippen molar-refractivity contribution in [3.05, 3.63) is 99.5 Å². The summed E-state index contributed by atoms with van der Waals surface area (Å²) in [5, 5.41) is 4.10. The Balaban J connectivity index is 1.67. The first kappa shape index (κ1) is 30.0. The van der Waals surface area contributed by atoms with E-state index in [2.05, 4.69) is 26.1 Å². The molecule has 5 nitrogen and oxygen atoms in total. The van der Waals surface area contributed by atoms with Crippen molar-refractivity contribution in [2.24, 2.45) is 0 Å². The Morgan fingerprint density at radius 2 is 1.55 bits per heavy atom. The molecule has 0 aliphatic heterocycles. The Morgan fingerprint density at radius 3 is 2.20 bits per heavy atom. The molecule has 3 aromatic rings. The minimum atomic E-state index is -0.774. The average molecular weight is 582 g/mol. The molecule has 0 saturated heterocycles. The lowest BCUT2D eigenvalue weighted by molar-refractivity contribution is -0.143. The van der Waals surface area contributed by atoms with Crippen LogP contribution < -0.4 is 10.1 Å². The monoisotopic (exact) mass is 580 g/mol. The van der Waals surface area contributed by atoms with Gasteiger partial charge in [0.15, 0.2) is 6.61 Å². The number of halogens is 2. The largest absolute Gasteiger partial charge is 0.483 e. The maximum atomic E-state index is 14.0. The highest BCUT2D eigenvalue weighted by Crippen LogP contribution is 2.32. The van der Waals surface area contributed by atoms with Crippen LogP contribution in [0.5, 0.6) is 5.75 Å². The summed E-state index contributed by atoms with van der Waals surface area (Å²) in [6, 6.07) is 22.1. The maximum Gasteiger partial charge on any atom is 0.261 e. The molecule has 0 bridgehead atoms. The van der Waals surface area contributed by atoms with E-state index in [9.17, 15) is 9.59 Å². The molecule has 40 heavy (non-hydrogen) atoms. The molecule has 1 saturated carbocycles. The smallest absolute Gasteiger partial charge is 0.261 e. The third-order valence-electron chi connectivity index (χ3n) is 7.41. The lowest BCUT2D eigenvalue weighted by Gasteiger charge is -2.33. The first-order valence-electron chi connectivity index (χ1n) is 13.9. The van der Waals surface area contributed by atoms with Crippen molar-refractivity contribution in [1.82, 2.24) is 10.2 Å². The van der Waals surface area contributed by atoms with Crippen LogP contribution in [-0.2, 0) is 28.0 Å². The van der Waals surface area contributed by atoms with E-state index in [1.54, 1.807) is 23.1 Å². The second-order valence-electron chi connectivity index (χ2n) is 11.5. The van der Waals surface area contributed by atoms with Gasteiger partial charge in [0.25, 0.3) is 5.91 Å². The molecule has 4 rings (SSSR count). The normalized spacial score (nSPS) is 14.5. The van der Waals surface area contributed by atoms with Crippen molar-refractivity contribution >= 4 is 35.0 Å². The third-order valence-corrected chi connectivity index (χ3v) is 8.12. The van der Waals surface area contributed by atoms with Gasteiger partial charge in [-0.05, 0) is 47.6 Å². The van der Waals surface area contributed by atoms with E-state index in [4.69, 9.17) is 27.9 Å². The van der Waals surface area contributed by atoms with Crippen LogP contribution in [0.3, 0.4) is 0 Å². The maximum absolute atomic E-state index is 14.0. The Kier molecular flexibility index (Phi) is 10.2. The van der Waals surface area contributed by atoms with Crippen LogP contribution in [-0.4, -0.2) is 35.4 Å². The molecule has 0 aromatic heterocycles. The molecule has 1 atom stereocenters. The summed E-state index contributed by atoms with van der Waals surface area (Å²) in [6.07, 6.45) is 4.42. The molecule has 212 valence electrons. The summed E-state index contributed by atoms with van der Waals surface area (Å²) in [6.45, 7) is 6.16. The predicted octanol–water partition coefficient (Wildman–Crippen LogP) is 7.37. The molecular weight excluding hydrogens is 543 g/mol. The van der Waals surface area contributed by atoms with Gasteiger partial charge in [-0.25, -0.2) is 0 Å². The van der Waals surface area contributed by atoms with Gasteiger partial charge in [-0.3, -0.25) is 9.59 Å². The van der Waals surface area contributed by atoms with Crippen molar-refractivity contribution < 1.29 is 14.3 Å². The Hall–Kier alpha value is -3.02. The van der Waals surface area contributed by atoms with Crippen LogP contribution in [0.2, 0.25) is 10.0 Å². The van der Waals surface area contributed by atoms with Gasteiger partial charge in [-0.15, -0.1) is 0 Å². The summed E-state index contributed by atoms with van der Waals surface area (Å²) in [4.78, 5) is 29.4. The zero-order chi connectivity index (χ0) is 28.7. The SMILES string of the molecule is CC(C)(C)c1ccccc1OCC(=O)N(Cc1c(Cl)cccc1Cl)C(Cc1ccccc1)C(=O)NC1CCCC1. The summed E-state index contributed by atoms with van der Waals surface area (Å²) in [5.74, 6) is 0.152. The molecular formula is C33H38Cl2N2O3. The van der Waals surface area contributed by atoms with Gasteiger partial charge in [0, 0.05) is 34.6 Å². The number of para-hydroxylation sites is 1. The van der Waals surface area contributed by atoms with E-state index in [0.29, 0.717) is 27.8 Å². The predicted molar refractivity (Wildman–Crippen MR) is 162 cm³/mol. The molecule has 0 heterocycles. The van der Waals surface area contributed by atoms with Crippen molar-refractivity contribution in [3.63, 3.8) is 0 Å². The minimum Gasteiger partial charge on any atom is -0.483 e. The molecule has 1 aliphatic rings. The highest BCUT2D eigenvalue weighted by Gasteiger charge is 2.33. The second-order valence-corrected chi connectivity index (χ2v) is 12.3. The van der Waals surface area contributed by atoms with Gasteiger partial charge in [-0.2, -0.15) is 0 Å². The third kappa shape index (κ3) is 7.80. The summed E-state index contributed by atoms with van der Waals surface area (Å²) < 4.78 is 6.13. The molecule has 2 amide bonds. The van der Waals surface area contributed by atoms with Crippen LogP contribution in [0.15, 0.2) is 72.8 Å². The molecule has 1 aliphatic carbocycles. The number of hydrogen-bond acceptors (Lipinski definition) is 3. The van der Waals surface area contributed by atoms with Gasteiger partial charge in [0.05, 0.1) is 0 Å². The Bertz CT molecular complexity index is 1280. The summed E-state index contributed by atoms with van der Waals surface area (Å²) >= 11 is 13.1. The molecule has 1 fully saturated rings. The van der Waals surface area contributed by atoms with Crippen molar-refractivity contribution in [1.29, 1.82) is 0 Å². The van der Waals surface area contributed by atoms with Crippen molar-refractivity contribution in [2.45, 2.75) is 76.9 Å². The van der Waals surface area contributed by atoms with E-state index in [-0.39, 0.29) is 36.4 Å². The average Bonchev–Trinajstić information content (AvgIpc) is 3.44. The number of carbonyl (C=O) groups excluding carboxylic acids is 2. The lowest BCUT2D eigenvalue weighted by Crippen LogP contribution is -2.53. The van der Waals surface area contributed by atoms with E-state index < -0.39 is 6.04 Å². The van der Waals surface area contributed by atoms with E-state index in [1.807, 2.05) is 54.6 Å². The highest BCUT2D eigenvalue weighted by atomic mass is 35.5. The van der Waals surface area contributed by atoms with Crippen LogP contribution >= 0.6 is 23.2 Å². The Labute approximate surface area is 247 Å². The first-order chi connectivity index (χ1) is 19.1. The second kappa shape index (κ2) is 13.6. The molecule has 0 spiro atoms. The van der Waals surface area contributed by atoms with Gasteiger partial charge < -0.3 is 15.0 Å². The number of nitrogens with zero attached hydrogens (tertiary/aromatic N) is 1. The van der Waals surface area contributed by atoms with E-state index >= 15 is 0 Å². The number of amides is 2. The van der Waals surface area contributed by atoms with Gasteiger partial charge in [-0.1, -0.05) is 111 Å². The molecule has 3 aromatic carbocycles. The number of rotatable bonds is 10. The topological polar surface area (TPSA) is 58.6 Å². The highest BCUT2D eigenvalue weighted by molar-refractivity contribution is 6.36. The van der Waals surface area contributed by atoms with Crippen molar-refractivity contribution in [2.75, 3.05) is 6.61 Å².